The van der Waals surface area contributed by atoms with Gasteiger partial charge in [-0.15, -0.1) is 6.58 Å². The van der Waals surface area contributed by atoms with E-state index in [0.29, 0.717) is 0 Å². The fourth-order valence-electron chi connectivity index (χ4n) is 2.66. The summed E-state index contributed by atoms with van der Waals surface area (Å²) in [5.41, 5.74) is 1.36. The van der Waals surface area contributed by atoms with Gasteiger partial charge in [-0.1, -0.05) is 31.2 Å². The van der Waals surface area contributed by atoms with Crippen molar-refractivity contribution in [2.45, 2.75) is 25.9 Å². The Kier molecular flexibility index (Phi) is 5.21. The first-order chi connectivity index (χ1) is 9.67. The molecule has 0 amide bonds. The minimum atomic E-state index is 0.0421. The molecule has 1 aliphatic rings. The van der Waals surface area contributed by atoms with Crippen LogP contribution in [-0.4, -0.2) is 32.9 Å². The highest BCUT2D eigenvalue weighted by atomic mass is 16.5. The van der Waals surface area contributed by atoms with E-state index in [2.05, 4.69) is 37.0 Å². The van der Waals surface area contributed by atoms with E-state index in [9.17, 15) is 0 Å². The molecule has 0 saturated carbocycles. The fraction of sp³-hybridized carbons (Fsp3) is 0.529. The summed E-state index contributed by atoms with van der Waals surface area (Å²) in [7, 11) is 1.72. The van der Waals surface area contributed by atoms with Crippen molar-refractivity contribution in [1.29, 1.82) is 0 Å². The lowest BCUT2D eigenvalue weighted by molar-refractivity contribution is 0.163. The fourth-order valence-corrected chi connectivity index (χ4v) is 2.66. The third kappa shape index (κ3) is 3.84. The number of nitrogens with one attached hydrogen (secondary N) is 1. The van der Waals surface area contributed by atoms with Gasteiger partial charge in [0, 0.05) is 32.0 Å². The first kappa shape index (κ1) is 15.1. The lowest BCUT2D eigenvalue weighted by Crippen LogP contribution is -2.36. The van der Waals surface area contributed by atoms with Gasteiger partial charge in [-0.25, -0.2) is 0 Å². The highest BCUT2D eigenvalue weighted by molar-refractivity contribution is 5.37. The second-order valence-electron chi connectivity index (χ2n) is 5.78. The van der Waals surface area contributed by atoms with Crippen LogP contribution in [0.25, 0.3) is 0 Å². The van der Waals surface area contributed by atoms with Crippen molar-refractivity contribution in [2.75, 3.05) is 26.8 Å². The average molecular weight is 275 g/mol. The molecule has 1 aromatic carbocycles. The van der Waals surface area contributed by atoms with Crippen molar-refractivity contribution < 1.29 is 9.47 Å². The molecule has 0 fully saturated rings. The summed E-state index contributed by atoms with van der Waals surface area (Å²) in [5.74, 6) is 1.04. The van der Waals surface area contributed by atoms with Gasteiger partial charge in [-0.3, -0.25) is 0 Å². The van der Waals surface area contributed by atoms with Gasteiger partial charge in [0.05, 0.1) is 6.61 Å². The Bertz CT molecular complexity index is 421. The maximum absolute atomic E-state index is 6.03. The van der Waals surface area contributed by atoms with Crippen LogP contribution in [0.2, 0.25) is 0 Å². The van der Waals surface area contributed by atoms with Gasteiger partial charge in [0.15, 0.2) is 0 Å². The molecule has 0 radical (unpaired) electrons. The molecule has 1 N–H and O–H groups in total. The number of benzene rings is 1. The summed E-state index contributed by atoms with van der Waals surface area (Å²) in [4.78, 5) is 0. The number of rotatable bonds is 8. The number of ether oxygens (including phenoxy) is 2. The van der Waals surface area contributed by atoms with Crippen LogP contribution in [0.4, 0.5) is 0 Å². The minimum absolute atomic E-state index is 0.0421. The summed E-state index contributed by atoms with van der Waals surface area (Å²) in [6.07, 6.45) is 4.27. The number of fused-ring (bicyclic) bond motifs is 1. The van der Waals surface area contributed by atoms with Crippen LogP contribution in [0, 0.1) is 5.41 Å². The lowest BCUT2D eigenvalue weighted by atomic mass is 9.83. The lowest BCUT2D eigenvalue weighted by Gasteiger charge is -2.29. The molecule has 1 aromatic rings. The van der Waals surface area contributed by atoms with E-state index in [1.54, 1.807) is 7.11 Å². The van der Waals surface area contributed by atoms with Gasteiger partial charge >= 0.3 is 0 Å². The van der Waals surface area contributed by atoms with E-state index < -0.39 is 0 Å². The minimum Gasteiger partial charge on any atom is -0.490 e. The molecule has 1 aliphatic heterocycles. The van der Waals surface area contributed by atoms with Gasteiger partial charge in [0.25, 0.3) is 0 Å². The van der Waals surface area contributed by atoms with Crippen LogP contribution >= 0.6 is 0 Å². The van der Waals surface area contributed by atoms with Crippen LogP contribution in [0.1, 0.15) is 18.9 Å². The molecule has 20 heavy (non-hydrogen) atoms. The normalized spacial score (nSPS) is 20.0. The van der Waals surface area contributed by atoms with E-state index in [-0.39, 0.29) is 11.5 Å². The SMILES string of the molecule is C=CC(C)(CNCCOC)CC1Cc2ccccc2O1. The third-order valence-electron chi connectivity index (χ3n) is 3.91. The van der Waals surface area contributed by atoms with Gasteiger partial charge in [0.1, 0.15) is 11.9 Å². The van der Waals surface area contributed by atoms with Crippen molar-refractivity contribution in [3.63, 3.8) is 0 Å². The molecule has 2 unspecified atom stereocenters. The molecule has 0 saturated heterocycles. The Morgan fingerprint density at radius 1 is 1.50 bits per heavy atom. The van der Waals surface area contributed by atoms with Crippen molar-refractivity contribution in [3.05, 3.63) is 42.5 Å². The highest BCUT2D eigenvalue weighted by Crippen LogP contribution is 2.34. The Morgan fingerprint density at radius 3 is 3.00 bits per heavy atom. The highest BCUT2D eigenvalue weighted by Gasteiger charge is 2.30. The second kappa shape index (κ2) is 6.91. The molecule has 0 aromatic heterocycles. The van der Waals surface area contributed by atoms with Crippen molar-refractivity contribution in [1.82, 2.24) is 5.32 Å². The molecule has 0 bridgehead atoms. The molecule has 2 rings (SSSR count). The summed E-state index contributed by atoms with van der Waals surface area (Å²) in [6, 6.07) is 8.30. The molecule has 0 aliphatic carbocycles. The van der Waals surface area contributed by atoms with E-state index >= 15 is 0 Å². The maximum Gasteiger partial charge on any atom is 0.123 e. The Hall–Kier alpha value is -1.32. The summed E-state index contributed by atoms with van der Waals surface area (Å²) >= 11 is 0. The maximum atomic E-state index is 6.03. The van der Waals surface area contributed by atoms with Crippen LogP contribution in [-0.2, 0) is 11.2 Å². The Labute approximate surface area is 122 Å². The standard InChI is InChI=1S/C17H25NO2/c1-4-17(2,13-18-9-10-19-3)12-15-11-14-7-5-6-8-16(14)20-15/h4-8,15,18H,1,9-13H2,2-3H3. The van der Waals surface area contributed by atoms with E-state index in [1.807, 2.05) is 12.1 Å². The summed E-state index contributed by atoms with van der Waals surface area (Å²) in [5, 5.41) is 3.42. The first-order valence-electron chi connectivity index (χ1n) is 7.25. The van der Waals surface area contributed by atoms with E-state index in [0.717, 1.165) is 38.3 Å². The predicted molar refractivity (Wildman–Crippen MR) is 82.2 cm³/mol. The van der Waals surface area contributed by atoms with Gasteiger partial charge in [0.2, 0.25) is 0 Å². The van der Waals surface area contributed by atoms with Crippen LogP contribution in [0.3, 0.4) is 0 Å². The predicted octanol–water partition coefficient (Wildman–Crippen LogP) is 2.81. The molecular weight excluding hydrogens is 250 g/mol. The van der Waals surface area contributed by atoms with Gasteiger partial charge in [-0.2, -0.15) is 0 Å². The largest absolute Gasteiger partial charge is 0.490 e. The molecule has 2 atom stereocenters. The molecular formula is C17H25NO2. The number of hydrogen-bond acceptors (Lipinski definition) is 3. The number of hydrogen-bond donors (Lipinski definition) is 1. The molecule has 110 valence electrons. The number of methoxy groups -OCH3 is 1. The van der Waals surface area contributed by atoms with E-state index in [4.69, 9.17) is 9.47 Å². The molecule has 1 heterocycles. The van der Waals surface area contributed by atoms with Crippen LogP contribution in [0.5, 0.6) is 5.75 Å². The van der Waals surface area contributed by atoms with E-state index in [1.165, 1.54) is 5.56 Å². The first-order valence-corrected chi connectivity index (χ1v) is 7.25. The monoisotopic (exact) mass is 275 g/mol. The topological polar surface area (TPSA) is 30.5 Å². The summed E-state index contributed by atoms with van der Waals surface area (Å²) in [6.45, 7) is 8.72. The van der Waals surface area contributed by atoms with Gasteiger partial charge < -0.3 is 14.8 Å². The zero-order valence-electron chi connectivity index (χ0n) is 12.5. The quantitative estimate of drug-likeness (QED) is 0.584. The second-order valence-corrected chi connectivity index (χ2v) is 5.78. The Morgan fingerprint density at radius 2 is 2.30 bits per heavy atom. The third-order valence-corrected chi connectivity index (χ3v) is 3.91. The molecule has 3 nitrogen and oxygen atoms in total. The van der Waals surface area contributed by atoms with Crippen molar-refractivity contribution >= 4 is 0 Å². The Balaban J connectivity index is 1.86. The van der Waals surface area contributed by atoms with Crippen LogP contribution in [0.15, 0.2) is 36.9 Å². The summed E-state index contributed by atoms with van der Waals surface area (Å²) < 4.78 is 11.1. The molecule has 0 spiro atoms. The smallest absolute Gasteiger partial charge is 0.123 e. The van der Waals surface area contributed by atoms with Crippen molar-refractivity contribution in [2.24, 2.45) is 5.41 Å². The zero-order valence-corrected chi connectivity index (χ0v) is 12.5. The number of para-hydroxylation sites is 1. The molecule has 3 heteroatoms. The van der Waals surface area contributed by atoms with Crippen LogP contribution < -0.4 is 10.1 Å². The zero-order chi connectivity index (χ0) is 14.4. The van der Waals surface area contributed by atoms with Gasteiger partial charge in [-0.05, 0) is 18.1 Å². The average Bonchev–Trinajstić information content (AvgIpc) is 2.85. The van der Waals surface area contributed by atoms with Crippen molar-refractivity contribution in [3.8, 4) is 5.75 Å².